The van der Waals surface area contributed by atoms with Gasteiger partial charge in [-0.1, -0.05) is 18.2 Å². The van der Waals surface area contributed by atoms with Crippen molar-refractivity contribution in [3.63, 3.8) is 0 Å². The van der Waals surface area contributed by atoms with E-state index in [9.17, 15) is 9.18 Å². The van der Waals surface area contributed by atoms with Crippen molar-refractivity contribution < 1.29 is 9.18 Å². The second-order valence-corrected chi connectivity index (χ2v) is 6.25. The number of benzene rings is 1. The van der Waals surface area contributed by atoms with E-state index in [1.54, 1.807) is 12.1 Å². The summed E-state index contributed by atoms with van der Waals surface area (Å²) in [5.74, 6) is 0.0765. The molecule has 1 saturated carbocycles. The molecule has 114 valence electrons. The average Bonchev–Trinajstić information content (AvgIpc) is 2.81. The van der Waals surface area contributed by atoms with Gasteiger partial charge in [0.2, 0.25) is 0 Å². The zero-order chi connectivity index (χ0) is 15.9. The summed E-state index contributed by atoms with van der Waals surface area (Å²) in [6, 6.07) is 6.43. The Morgan fingerprint density at radius 2 is 1.95 bits per heavy atom. The number of fused-ring (bicyclic) bond motifs is 1. The zero-order valence-corrected chi connectivity index (χ0v) is 13.0. The summed E-state index contributed by atoms with van der Waals surface area (Å²) in [6.07, 6.45) is 6.11. The lowest BCUT2D eigenvalue weighted by molar-refractivity contribution is -0.123. The molecule has 0 saturated heterocycles. The topological polar surface area (TPSA) is 20.3 Å². The second-order valence-electron chi connectivity index (χ2n) is 6.25. The summed E-state index contributed by atoms with van der Waals surface area (Å²) in [7, 11) is 1.96. The van der Waals surface area contributed by atoms with E-state index in [4.69, 9.17) is 0 Å². The van der Waals surface area contributed by atoms with Gasteiger partial charge in [0.1, 0.15) is 11.6 Å². The van der Waals surface area contributed by atoms with Crippen LogP contribution in [0.5, 0.6) is 0 Å². The molecule has 0 aromatic heterocycles. The highest BCUT2D eigenvalue weighted by Crippen LogP contribution is 2.49. The molecule has 2 nitrogen and oxygen atoms in total. The van der Waals surface area contributed by atoms with E-state index in [0.29, 0.717) is 18.6 Å². The maximum atomic E-state index is 13.1. The minimum Gasteiger partial charge on any atom is -0.344 e. The molecule has 0 N–H and O–H groups in total. The van der Waals surface area contributed by atoms with Crippen LogP contribution in [0.1, 0.15) is 26.2 Å². The quantitative estimate of drug-likeness (QED) is 0.824. The Morgan fingerprint density at radius 1 is 1.27 bits per heavy atom. The summed E-state index contributed by atoms with van der Waals surface area (Å²) in [6.45, 7) is 5.94. The van der Waals surface area contributed by atoms with Gasteiger partial charge in [-0.2, -0.15) is 0 Å². The van der Waals surface area contributed by atoms with Crippen molar-refractivity contribution >= 4 is 11.5 Å². The highest BCUT2D eigenvalue weighted by atomic mass is 19.1. The van der Waals surface area contributed by atoms with Gasteiger partial charge >= 0.3 is 0 Å². The fourth-order valence-corrected chi connectivity index (χ4v) is 3.44. The fraction of sp³-hybridized carbons (Fsp3) is 0.316. The third kappa shape index (κ3) is 2.21. The van der Waals surface area contributed by atoms with Crippen LogP contribution in [-0.2, 0) is 4.79 Å². The number of Topliss-reactive ketones (excluding diaryl/α,β-unsaturated/α-hetero) is 1. The van der Waals surface area contributed by atoms with Gasteiger partial charge in [-0.05, 0) is 55.7 Å². The van der Waals surface area contributed by atoms with E-state index >= 15 is 0 Å². The normalized spacial score (nSPS) is 24.1. The number of allylic oxidation sites excluding steroid dienone is 4. The van der Waals surface area contributed by atoms with E-state index in [1.165, 1.54) is 17.7 Å². The van der Waals surface area contributed by atoms with E-state index < -0.39 is 0 Å². The number of nitrogens with zero attached hydrogens (tertiary/aromatic N) is 1. The molecule has 1 unspecified atom stereocenters. The first-order chi connectivity index (χ1) is 10.5. The van der Waals surface area contributed by atoms with Gasteiger partial charge in [-0.25, -0.2) is 4.39 Å². The van der Waals surface area contributed by atoms with Crippen molar-refractivity contribution in [3.8, 4) is 0 Å². The molecule has 3 rings (SSSR count). The number of likely N-dealkylation sites (N-methyl/N-ethyl adjacent to an activating group) is 1. The molecule has 22 heavy (non-hydrogen) atoms. The highest BCUT2D eigenvalue weighted by Gasteiger charge is 2.44. The highest BCUT2D eigenvalue weighted by molar-refractivity contribution is 5.92. The van der Waals surface area contributed by atoms with Crippen LogP contribution in [0.2, 0.25) is 0 Å². The summed E-state index contributed by atoms with van der Waals surface area (Å²) in [5, 5.41) is 0. The lowest BCUT2D eigenvalue weighted by Crippen LogP contribution is -2.29. The first-order valence-corrected chi connectivity index (χ1v) is 7.55. The smallest absolute Gasteiger partial charge is 0.143 e. The van der Waals surface area contributed by atoms with E-state index in [-0.39, 0.29) is 11.2 Å². The molecule has 0 heterocycles. The molecule has 1 atom stereocenters. The lowest BCUT2D eigenvalue weighted by Gasteiger charge is -2.34. The number of ketones is 1. The van der Waals surface area contributed by atoms with Crippen LogP contribution in [0.15, 0.2) is 59.8 Å². The number of anilines is 1. The molecule has 0 radical (unpaired) electrons. The van der Waals surface area contributed by atoms with Gasteiger partial charge in [-0.3, -0.25) is 4.79 Å². The minimum absolute atomic E-state index is 0.244. The second kappa shape index (κ2) is 5.24. The predicted molar refractivity (Wildman–Crippen MR) is 87.1 cm³/mol. The van der Waals surface area contributed by atoms with Crippen LogP contribution in [-0.4, -0.2) is 12.8 Å². The Morgan fingerprint density at radius 3 is 2.59 bits per heavy atom. The third-order valence-corrected chi connectivity index (χ3v) is 4.95. The molecular formula is C19H20FNO. The summed E-state index contributed by atoms with van der Waals surface area (Å²) < 4.78 is 13.1. The van der Waals surface area contributed by atoms with E-state index in [1.807, 2.05) is 24.9 Å². The van der Waals surface area contributed by atoms with Gasteiger partial charge in [0.25, 0.3) is 0 Å². The first-order valence-electron chi connectivity index (χ1n) is 7.55. The number of carbonyl (C=O) groups is 1. The molecule has 1 fully saturated rings. The monoisotopic (exact) mass is 297 g/mol. The number of hydrogen-bond acceptors (Lipinski definition) is 2. The average molecular weight is 297 g/mol. The van der Waals surface area contributed by atoms with Crippen molar-refractivity contribution in [3.05, 3.63) is 65.7 Å². The van der Waals surface area contributed by atoms with Crippen LogP contribution < -0.4 is 4.90 Å². The summed E-state index contributed by atoms with van der Waals surface area (Å²) >= 11 is 0. The van der Waals surface area contributed by atoms with Gasteiger partial charge < -0.3 is 4.90 Å². The minimum atomic E-state index is -0.364. The molecule has 0 amide bonds. The zero-order valence-electron chi connectivity index (χ0n) is 13.0. The SMILES string of the molecule is C=CC1=C(N(C)c2ccc(F)cc2)C=C2CCC(=O)C2(C)C1. The standard InChI is InChI=1S/C19H20FNO/c1-4-13-12-19(2)14(5-10-18(19)22)11-17(13)21(3)16-8-6-15(20)7-9-16/h4,6-9,11H,1,5,10,12H2,2-3H3. The van der Waals surface area contributed by atoms with Crippen molar-refractivity contribution in [1.82, 2.24) is 0 Å². The van der Waals surface area contributed by atoms with Crippen LogP contribution in [0, 0.1) is 11.2 Å². The number of rotatable bonds is 3. The van der Waals surface area contributed by atoms with Crippen LogP contribution in [0.3, 0.4) is 0 Å². The molecule has 2 aliphatic rings. The maximum absolute atomic E-state index is 13.1. The van der Waals surface area contributed by atoms with Crippen molar-refractivity contribution in [2.24, 2.45) is 5.41 Å². The molecule has 0 bridgehead atoms. The van der Waals surface area contributed by atoms with Gasteiger partial charge in [0.05, 0.1) is 5.41 Å². The Hall–Kier alpha value is -2.16. The number of halogens is 1. The largest absolute Gasteiger partial charge is 0.344 e. The maximum Gasteiger partial charge on any atom is 0.143 e. The lowest BCUT2D eigenvalue weighted by atomic mass is 9.74. The fourth-order valence-electron chi connectivity index (χ4n) is 3.44. The Balaban J connectivity index is 2.02. The van der Waals surface area contributed by atoms with E-state index in [2.05, 4.69) is 12.7 Å². The molecule has 2 aliphatic carbocycles. The van der Waals surface area contributed by atoms with Crippen LogP contribution in [0.4, 0.5) is 10.1 Å². The van der Waals surface area contributed by atoms with Crippen molar-refractivity contribution in [2.75, 3.05) is 11.9 Å². The third-order valence-electron chi connectivity index (χ3n) is 4.95. The molecular weight excluding hydrogens is 277 g/mol. The van der Waals surface area contributed by atoms with Gasteiger partial charge in [0, 0.05) is 24.9 Å². The molecule has 3 heteroatoms. The molecule has 1 aromatic carbocycles. The Bertz CT molecular complexity index is 699. The number of hydrogen-bond donors (Lipinski definition) is 0. The Labute approximate surface area is 130 Å². The van der Waals surface area contributed by atoms with Gasteiger partial charge in [-0.15, -0.1) is 0 Å². The first kappa shape index (κ1) is 14.8. The van der Waals surface area contributed by atoms with Crippen molar-refractivity contribution in [2.45, 2.75) is 26.2 Å². The van der Waals surface area contributed by atoms with Crippen LogP contribution >= 0.6 is 0 Å². The molecule has 0 aliphatic heterocycles. The van der Waals surface area contributed by atoms with Gasteiger partial charge in [0.15, 0.2) is 0 Å². The summed E-state index contributed by atoms with van der Waals surface area (Å²) in [5.41, 5.74) is 3.86. The Kier molecular flexibility index (Phi) is 3.51. The predicted octanol–water partition coefficient (Wildman–Crippen LogP) is 4.40. The van der Waals surface area contributed by atoms with Crippen molar-refractivity contribution in [1.29, 1.82) is 0 Å². The number of carbonyl (C=O) groups excluding carboxylic acids is 1. The summed E-state index contributed by atoms with van der Waals surface area (Å²) in [4.78, 5) is 14.3. The molecule has 1 aromatic rings. The van der Waals surface area contributed by atoms with Crippen LogP contribution in [0.25, 0.3) is 0 Å². The molecule has 0 spiro atoms. The van der Waals surface area contributed by atoms with E-state index in [0.717, 1.165) is 23.4 Å².